The van der Waals surface area contributed by atoms with Crippen molar-refractivity contribution >= 4 is 5.65 Å². The Morgan fingerprint density at radius 1 is 1.43 bits per heavy atom. The fourth-order valence-electron chi connectivity index (χ4n) is 1.71. The molecule has 0 unspecified atom stereocenters. The van der Waals surface area contributed by atoms with Crippen molar-refractivity contribution in [1.82, 2.24) is 9.38 Å². The third kappa shape index (κ3) is 1.51. The molecule has 0 amide bonds. The number of hydrogen-bond acceptors (Lipinski definition) is 2. The van der Waals surface area contributed by atoms with Crippen molar-refractivity contribution in [2.75, 3.05) is 6.61 Å². The minimum absolute atomic E-state index is 0.236. The van der Waals surface area contributed by atoms with Crippen LogP contribution in [0.15, 0.2) is 24.4 Å². The van der Waals surface area contributed by atoms with Gasteiger partial charge in [0.25, 0.3) is 0 Å². The number of aryl methyl sites for hydroxylation is 2. The maximum Gasteiger partial charge on any atom is 0.137 e. The Morgan fingerprint density at radius 2 is 2.29 bits per heavy atom. The minimum Gasteiger partial charge on any atom is -0.396 e. The lowest BCUT2D eigenvalue weighted by atomic mass is 10.2. The average molecular weight is 190 g/mol. The predicted octanol–water partition coefficient (Wildman–Crippen LogP) is 1.57. The molecule has 2 heterocycles. The highest BCUT2D eigenvalue weighted by Crippen LogP contribution is 2.13. The number of fused-ring (bicyclic) bond motifs is 1. The van der Waals surface area contributed by atoms with Crippen molar-refractivity contribution in [3.05, 3.63) is 35.8 Å². The van der Waals surface area contributed by atoms with Crippen LogP contribution in [0.2, 0.25) is 0 Å². The highest BCUT2D eigenvalue weighted by atomic mass is 16.2. The number of pyridine rings is 1. The maximum absolute atomic E-state index is 8.80. The quantitative estimate of drug-likeness (QED) is 0.797. The maximum atomic E-state index is 8.80. The first-order chi connectivity index (χ1) is 6.83. The summed E-state index contributed by atoms with van der Waals surface area (Å²) in [5, 5.41) is 8.80. The number of nitrogens with zero attached hydrogens (tertiary/aromatic N) is 2. The van der Waals surface area contributed by atoms with E-state index >= 15 is 0 Å². The molecule has 0 aliphatic heterocycles. The van der Waals surface area contributed by atoms with Gasteiger partial charge in [0.2, 0.25) is 0 Å². The van der Waals surface area contributed by atoms with Crippen LogP contribution in [0.25, 0.3) is 5.65 Å². The Kier molecular flexibility index (Phi) is 2.50. The molecule has 0 fully saturated rings. The molecule has 14 heavy (non-hydrogen) atoms. The van der Waals surface area contributed by atoms with Crippen LogP contribution in [-0.2, 0) is 6.42 Å². The third-order valence-electron chi connectivity index (χ3n) is 2.40. The van der Waals surface area contributed by atoms with Gasteiger partial charge in [-0.2, -0.15) is 0 Å². The number of rotatable bonds is 3. The Labute approximate surface area is 83.0 Å². The first-order valence-corrected chi connectivity index (χ1v) is 4.86. The Hall–Kier alpha value is -1.35. The summed E-state index contributed by atoms with van der Waals surface area (Å²) in [4.78, 5) is 4.45. The van der Waals surface area contributed by atoms with Gasteiger partial charge in [0, 0.05) is 18.5 Å². The SMILES string of the molecule is Cc1nc2ccccn2c1CCCO. The van der Waals surface area contributed by atoms with E-state index in [0.717, 1.165) is 24.2 Å². The summed E-state index contributed by atoms with van der Waals surface area (Å²) >= 11 is 0. The lowest BCUT2D eigenvalue weighted by Crippen LogP contribution is -1.96. The number of aromatic nitrogens is 2. The first-order valence-electron chi connectivity index (χ1n) is 4.86. The monoisotopic (exact) mass is 190 g/mol. The molecule has 0 spiro atoms. The molecule has 2 aromatic rings. The molecule has 0 aliphatic carbocycles. The predicted molar refractivity (Wildman–Crippen MR) is 55.3 cm³/mol. The molecule has 2 aromatic heterocycles. The van der Waals surface area contributed by atoms with Crippen molar-refractivity contribution in [2.24, 2.45) is 0 Å². The van der Waals surface area contributed by atoms with E-state index in [9.17, 15) is 0 Å². The fourth-order valence-corrected chi connectivity index (χ4v) is 1.71. The zero-order valence-corrected chi connectivity index (χ0v) is 8.27. The van der Waals surface area contributed by atoms with Crippen LogP contribution in [0, 0.1) is 6.92 Å². The molecule has 0 atom stereocenters. The van der Waals surface area contributed by atoms with Gasteiger partial charge in [-0.05, 0) is 31.9 Å². The van der Waals surface area contributed by atoms with Crippen molar-refractivity contribution in [3.63, 3.8) is 0 Å². The molecule has 74 valence electrons. The summed E-state index contributed by atoms with van der Waals surface area (Å²) in [5.41, 5.74) is 3.25. The second kappa shape index (κ2) is 3.80. The molecule has 2 rings (SSSR count). The van der Waals surface area contributed by atoms with Gasteiger partial charge in [-0.25, -0.2) is 4.98 Å². The highest BCUT2D eigenvalue weighted by Gasteiger charge is 2.06. The van der Waals surface area contributed by atoms with Gasteiger partial charge in [-0.1, -0.05) is 6.07 Å². The number of hydrogen-bond donors (Lipinski definition) is 1. The molecule has 0 aromatic carbocycles. The van der Waals surface area contributed by atoms with Crippen LogP contribution in [0.5, 0.6) is 0 Å². The van der Waals surface area contributed by atoms with Crippen LogP contribution in [-0.4, -0.2) is 21.1 Å². The second-order valence-corrected chi connectivity index (χ2v) is 3.40. The summed E-state index contributed by atoms with van der Waals surface area (Å²) in [6, 6.07) is 5.98. The highest BCUT2D eigenvalue weighted by molar-refractivity contribution is 5.42. The van der Waals surface area contributed by atoms with Gasteiger partial charge in [-0.3, -0.25) is 0 Å². The van der Waals surface area contributed by atoms with E-state index in [1.165, 1.54) is 5.69 Å². The molecule has 1 N–H and O–H groups in total. The van der Waals surface area contributed by atoms with Crippen LogP contribution in [0.4, 0.5) is 0 Å². The molecular formula is C11H14N2O. The normalized spacial score (nSPS) is 11.0. The summed E-state index contributed by atoms with van der Waals surface area (Å²) in [6.07, 6.45) is 3.69. The first kappa shape index (κ1) is 9.21. The van der Waals surface area contributed by atoms with Crippen LogP contribution in [0.1, 0.15) is 17.8 Å². The largest absolute Gasteiger partial charge is 0.396 e. The molecule has 0 saturated heterocycles. The average Bonchev–Trinajstić information content (AvgIpc) is 2.51. The molecule has 0 bridgehead atoms. The fraction of sp³-hybridized carbons (Fsp3) is 0.364. The van der Waals surface area contributed by atoms with E-state index < -0.39 is 0 Å². The summed E-state index contributed by atoms with van der Waals surface area (Å²) in [6.45, 7) is 2.25. The number of imidazole rings is 1. The van der Waals surface area contributed by atoms with E-state index in [0.29, 0.717) is 0 Å². The van der Waals surface area contributed by atoms with Crippen LogP contribution in [0.3, 0.4) is 0 Å². The zero-order valence-electron chi connectivity index (χ0n) is 8.27. The van der Waals surface area contributed by atoms with Crippen molar-refractivity contribution in [2.45, 2.75) is 19.8 Å². The van der Waals surface area contributed by atoms with Gasteiger partial charge in [-0.15, -0.1) is 0 Å². The number of aliphatic hydroxyl groups is 1. The van der Waals surface area contributed by atoms with E-state index in [4.69, 9.17) is 5.11 Å². The summed E-state index contributed by atoms with van der Waals surface area (Å²) in [7, 11) is 0. The minimum atomic E-state index is 0.236. The van der Waals surface area contributed by atoms with Gasteiger partial charge in [0.05, 0.1) is 5.69 Å². The Bertz CT molecular complexity index is 434. The molecular weight excluding hydrogens is 176 g/mol. The Morgan fingerprint density at radius 3 is 3.07 bits per heavy atom. The summed E-state index contributed by atoms with van der Waals surface area (Å²) < 4.78 is 2.09. The lowest BCUT2D eigenvalue weighted by Gasteiger charge is -2.00. The van der Waals surface area contributed by atoms with Crippen molar-refractivity contribution in [1.29, 1.82) is 0 Å². The van der Waals surface area contributed by atoms with Gasteiger partial charge >= 0.3 is 0 Å². The van der Waals surface area contributed by atoms with E-state index in [-0.39, 0.29) is 6.61 Å². The molecule has 0 aliphatic rings. The standard InChI is InChI=1S/C11H14N2O/c1-9-10(5-4-8-14)13-7-3-2-6-11(13)12-9/h2-3,6-7,14H,4-5,8H2,1H3. The molecule has 3 nitrogen and oxygen atoms in total. The van der Waals surface area contributed by atoms with Gasteiger partial charge < -0.3 is 9.51 Å². The third-order valence-corrected chi connectivity index (χ3v) is 2.40. The van der Waals surface area contributed by atoms with Gasteiger partial charge in [0.1, 0.15) is 5.65 Å². The topological polar surface area (TPSA) is 37.5 Å². The van der Waals surface area contributed by atoms with E-state index in [2.05, 4.69) is 9.38 Å². The second-order valence-electron chi connectivity index (χ2n) is 3.40. The molecule has 3 heteroatoms. The van der Waals surface area contributed by atoms with Crippen LogP contribution < -0.4 is 0 Å². The van der Waals surface area contributed by atoms with E-state index in [1.807, 2.05) is 31.3 Å². The van der Waals surface area contributed by atoms with Crippen molar-refractivity contribution in [3.8, 4) is 0 Å². The van der Waals surface area contributed by atoms with Crippen molar-refractivity contribution < 1.29 is 5.11 Å². The smallest absolute Gasteiger partial charge is 0.137 e. The van der Waals surface area contributed by atoms with Gasteiger partial charge in [0.15, 0.2) is 0 Å². The molecule has 0 saturated carbocycles. The lowest BCUT2D eigenvalue weighted by molar-refractivity contribution is 0.288. The number of aliphatic hydroxyl groups excluding tert-OH is 1. The van der Waals surface area contributed by atoms with Crippen LogP contribution >= 0.6 is 0 Å². The zero-order chi connectivity index (χ0) is 9.97. The van der Waals surface area contributed by atoms with E-state index in [1.54, 1.807) is 0 Å². The summed E-state index contributed by atoms with van der Waals surface area (Å²) in [5.74, 6) is 0. The molecule has 0 radical (unpaired) electrons. The Balaban J connectivity index is 2.45.